The lowest BCUT2D eigenvalue weighted by molar-refractivity contribution is 0.429. The Hall–Kier alpha value is -0.880. The predicted octanol–water partition coefficient (Wildman–Crippen LogP) is 2.83. The van der Waals surface area contributed by atoms with Crippen LogP contribution in [-0.4, -0.2) is 15.2 Å². The van der Waals surface area contributed by atoms with E-state index in [-0.39, 0.29) is 0 Å². The standard InChI is InChI=1S/C9H8BrN3OS/c1-6-12-13-9(14-6)15-5-7-3-2-4-8(10)11-7/h2-4H,5H2,1H3. The van der Waals surface area contributed by atoms with Crippen LogP contribution in [0.3, 0.4) is 0 Å². The molecule has 0 bridgehead atoms. The summed E-state index contributed by atoms with van der Waals surface area (Å²) in [5.74, 6) is 1.31. The minimum Gasteiger partial charge on any atom is -0.416 e. The van der Waals surface area contributed by atoms with Crippen LogP contribution < -0.4 is 0 Å². The van der Waals surface area contributed by atoms with Crippen LogP contribution in [0.4, 0.5) is 0 Å². The molecule has 0 aliphatic carbocycles. The largest absolute Gasteiger partial charge is 0.416 e. The number of hydrogen-bond donors (Lipinski definition) is 0. The van der Waals surface area contributed by atoms with Crippen LogP contribution in [0.1, 0.15) is 11.6 Å². The van der Waals surface area contributed by atoms with Crippen molar-refractivity contribution in [1.29, 1.82) is 0 Å². The van der Waals surface area contributed by atoms with E-state index in [1.54, 1.807) is 6.92 Å². The van der Waals surface area contributed by atoms with E-state index in [1.165, 1.54) is 11.8 Å². The topological polar surface area (TPSA) is 51.8 Å². The molecule has 0 radical (unpaired) electrons. The average molecular weight is 286 g/mol. The molecule has 0 fully saturated rings. The van der Waals surface area contributed by atoms with E-state index >= 15 is 0 Å². The summed E-state index contributed by atoms with van der Waals surface area (Å²) in [4.78, 5) is 4.30. The quantitative estimate of drug-likeness (QED) is 0.641. The molecular formula is C9H8BrN3OS. The Morgan fingerprint density at radius 2 is 2.27 bits per heavy atom. The molecule has 0 saturated carbocycles. The minimum atomic E-state index is 0.578. The van der Waals surface area contributed by atoms with Gasteiger partial charge in [0.1, 0.15) is 4.60 Å². The SMILES string of the molecule is Cc1nnc(SCc2cccc(Br)n2)o1. The molecule has 0 aliphatic rings. The van der Waals surface area contributed by atoms with Crippen LogP contribution in [0.2, 0.25) is 0 Å². The molecule has 2 heterocycles. The van der Waals surface area contributed by atoms with E-state index < -0.39 is 0 Å². The molecule has 78 valence electrons. The maximum Gasteiger partial charge on any atom is 0.276 e. The average Bonchev–Trinajstić information content (AvgIpc) is 2.62. The summed E-state index contributed by atoms with van der Waals surface area (Å²) in [6, 6.07) is 5.80. The first kappa shape index (κ1) is 10.6. The van der Waals surface area contributed by atoms with E-state index in [1.807, 2.05) is 18.2 Å². The van der Waals surface area contributed by atoms with Gasteiger partial charge in [-0.3, -0.25) is 0 Å². The van der Waals surface area contributed by atoms with E-state index in [0.29, 0.717) is 11.1 Å². The summed E-state index contributed by atoms with van der Waals surface area (Å²) in [5.41, 5.74) is 0.977. The van der Waals surface area contributed by atoms with E-state index in [4.69, 9.17) is 4.42 Å². The number of halogens is 1. The van der Waals surface area contributed by atoms with Crippen LogP contribution in [0, 0.1) is 6.92 Å². The first-order chi connectivity index (χ1) is 7.24. The minimum absolute atomic E-state index is 0.578. The molecule has 0 N–H and O–H groups in total. The van der Waals surface area contributed by atoms with Gasteiger partial charge in [-0.1, -0.05) is 17.8 Å². The second-order valence-electron chi connectivity index (χ2n) is 2.83. The fraction of sp³-hybridized carbons (Fsp3) is 0.222. The van der Waals surface area contributed by atoms with Crippen molar-refractivity contribution in [3.05, 3.63) is 34.4 Å². The van der Waals surface area contributed by atoms with Gasteiger partial charge in [-0.15, -0.1) is 10.2 Å². The predicted molar refractivity (Wildman–Crippen MR) is 60.5 cm³/mol. The second-order valence-corrected chi connectivity index (χ2v) is 4.57. The Balaban J connectivity index is 1.99. The van der Waals surface area contributed by atoms with Gasteiger partial charge in [0.15, 0.2) is 0 Å². The maximum atomic E-state index is 5.24. The highest BCUT2D eigenvalue weighted by Gasteiger charge is 2.04. The summed E-state index contributed by atoms with van der Waals surface area (Å²) in [7, 11) is 0. The van der Waals surface area contributed by atoms with Crippen molar-refractivity contribution in [2.24, 2.45) is 0 Å². The first-order valence-electron chi connectivity index (χ1n) is 4.28. The molecule has 2 rings (SSSR count). The number of aryl methyl sites for hydroxylation is 1. The summed E-state index contributed by atoms with van der Waals surface area (Å²) in [6.45, 7) is 1.77. The second kappa shape index (κ2) is 4.76. The molecule has 0 amide bonds. The summed E-state index contributed by atoms with van der Waals surface area (Å²) < 4.78 is 6.07. The van der Waals surface area contributed by atoms with Gasteiger partial charge in [-0.2, -0.15) is 0 Å². The highest BCUT2D eigenvalue weighted by Crippen LogP contribution is 2.20. The van der Waals surface area contributed by atoms with Crippen molar-refractivity contribution in [2.45, 2.75) is 17.9 Å². The van der Waals surface area contributed by atoms with Gasteiger partial charge >= 0.3 is 0 Å². The molecule has 6 heteroatoms. The van der Waals surface area contributed by atoms with Crippen LogP contribution in [-0.2, 0) is 5.75 Å². The Kier molecular flexibility index (Phi) is 3.37. The van der Waals surface area contributed by atoms with Crippen molar-refractivity contribution in [3.8, 4) is 0 Å². The lowest BCUT2D eigenvalue weighted by Crippen LogP contribution is -1.86. The Labute approximate surface area is 99.6 Å². The first-order valence-corrected chi connectivity index (χ1v) is 6.06. The zero-order valence-electron chi connectivity index (χ0n) is 7.98. The molecular weight excluding hydrogens is 278 g/mol. The van der Waals surface area contributed by atoms with Crippen molar-refractivity contribution >= 4 is 27.7 Å². The lowest BCUT2D eigenvalue weighted by Gasteiger charge is -1.97. The number of thioether (sulfide) groups is 1. The molecule has 0 saturated heterocycles. The molecule has 0 atom stereocenters. The van der Waals surface area contributed by atoms with Gasteiger partial charge < -0.3 is 4.42 Å². The van der Waals surface area contributed by atoms with Crippen LogP contribution in [0.25, 0.3) is 0 Å². The normalized spacial score (nSPS) is 10.5. The molecule has 15 heavy (non-hydrogen) atoms. The van der Waals surface area contributed by atoms with E-state index in [0.717, 1.165) is 16.0 Å². The van der Waals surface area contributed by atoms with E-state index in [9.17, 15) is 0 Å². The number of hydrogen-bond acceptors (Lipinski definition) is 5. The number of nitrogens with zero attached hydrogens (tertiary/aromatic N) is 3. The molecule has 0 unspecified atom stereocenters. The van der Waals surface area contributed by atoms with Crippen molar-refractivity contribution in [3.63, 3.8) is 0 Å². The van der Waals surface area contributed by atoms with Gasteiger partial charge in [0, 0.05) is 12.7 Å². The monoisotopic (exact) mass is 285 g/mol. The van der Waals surface area contributed by atoms with Crippen molar-refractivity contribution in [1.82, 2.24) is 15.2 Å². The fourth-order valence-corrected chi connectivity index (χ4v) is 2.09. The lowest BCUT2D eigenvalue weighted by atomic mass is 10.4. The third kappa shape index (κ3) is 3.04. The van der Waals surface area contributed by atoms with Gasteiger partial charge in [0.05, 0.1) is 5.69 Å². The highest BCUT2D eigenvalue weighted by molar-refractivity contribution is 9.10. The van der Waals surface area contributed by atoms with E-state index in [2.05, 4.69) is 31.1 Å². The van der Waals surface area contributed by atoms with Crippen LogP contribution >= 0.6 is 27.7 Å². The van der Waals surface area contributed by atoms with Gasteiger partial charge in [-0.05, 0) is 28.1 Å². The van der Waals surface area contributed by atoms with Gasteiger partial charge in [0.25, 0.3) is 5.22 Å². The van der Waals surface area contributed by atoms with Crippen molar-refractivity contribution in [2.75, 3.05) is 0 Å². The third-order valence-corrected chi connectivity index (χ3v) is 2.92. The van der Waals surface area contributed by atoms with Crippen molar-refractivity contribution < 1.29 is 4.42 Å². The summed E-state index contributed by atoms with van der Waals surface area (Å²) in [6.07, 6.45) is 0. The Morgan fingerprint density at radius 1 is 1.40 bits per heavy atom. The van der Waals surface area contributed by atoms with Crippen LogP contribution in [0.15, 0.2) is 32.4 Å². The zero-order valence-corrected chi connectivity index (χ0v) is 10.4. The smallest absolute Gasteiger partial charge is 0.276 e. The maximum absolute atomic E-state index is 5.24. The zero-order chi connectivity index (χ0) is 10.7. The Bertz CT molecular complexity index is 460. The van der Waals surface area contributed by atoms with Gasteiger partial charge in [0.2, 0.25) is 5.89 Å². The fourth-order valence-electron chi connectivity index (χ4n) is 1.00. The number of aromatic nitrogens is 3. The highest BCUT2D eigenvalue weighted by atomic mass is 79.9. The summed E-state index contributed by atoms with van der Waals surface area (Å²) in [5, 5.41) is 8.22. The summed E-state index contributed by atoms with van der Waals surface area (Å²) >= 11 is 4.80. The van der Waals surface area contributed by atoms with Crippen LogP contribution in [0.5, 0.6) is 0 Å². The number of pyridine rings is 1. The Morgan fingerprint density at radius 3 is 2.93 bits per heavy atom. The molecule has 0 aromatic carbocycles. The third-order valence-electron chi connectivity index (χ3n) is 1.62. The molecule has 0 spiro atoms. The number of rotatable bonds is 3. The van der Waals surface area contributed by atoms with Gasteiger partial charge in [-0.25, -0.2) is 4.98 Å². The molecule has 2 aromatic rings. The molecule has 4 nitrogen and oxygen atoms in total. The molecule has 0 aliphatic heterocycles. The molecule has 2 aromatic heterocycles.